The van der Waals surface area contributed by atoms with Gasteiger partial charge in [0, 0.05) is 11.9 Å². The van der Waals surface area contributed by atoms with Crippen molar-refractivity contribution in [1.82, 2.24) is 15.2 Å². The van der Waals surface area contributed by atoms with Crippen LogP contribution in [0.1, 0.15) is 5.56 Å². The lowest BCUT2D eigenvalue weighted by Crippen LogP contribution is -2.33. The summed E-state index contributed by atoms with van der Waals surface area (Å²) in [5.41, 5.74) is 5.44. The second kappa shape index (κ2) is 4.63. The Morgan fingerprint density at radius 3 is 3.06 bits per heavy atom. The predicted octanol–water partition coefficient (Wildman–Crippen LogP) is 1.27. The molecule has 0 radical (unpaired) electrons. The Morgan fingerprint density at radius 1 is 1.41 bits per heavy atom. The van der Waals surface area contributed by atoms with Crippen LogP contribution in [0.2, 0.25) is 0 Å². The summed E-state index contributed by atoms with van der Waals surface area (Å²) in [6.45, 7) is 3.78. The molecule has 0 bridgehead atoms. The maximum atomic E-state index is 4.30. The zero-order valence-corrected chi connectivity index (χ0v) is 10.3. The molecule has 0 aliphatic carbocycles. The molecule has 17 heavy (non-hydrogen) atoms. The van der Waals surface area contributed by atoms with Crippen LogP contribution in [0.25, 0.3) is 10.9 Å². The van der Waals surface area contributed by atoms with Crippen LogP contribution in [0.3, 0.4) is 0 Å². The Bertz CT molecular complexity index is 560. The van der Waals surface area contributed by atoms with E-state index in [1.54, 1.807) is 4.79 Å². The first-order chi connectivity index (χ1) is 7.84. The number of aromatic nitrogens is 2. The number of fused-ring (bicyclic) bond motifs is 1. The molecular weight excluding hydrogens is 238 g/mol. The first-order valence-electron chi connectivity index (χ1n) is 5.33. The van der Waals surface area contributed by atoms with Gasteiger partial charge in [-0.2, -0.15) is 9.89 Å². The van der Waals surface area contributed by atoms with Gasteiger partial charge >= 0.3 is 0 Å². The number of para-hydroxylation sites is 1. The highest BCUT2D eigenvalue weighted by molar-refractivity contribution is 5.91. The Hall–Kier alpha value is -1.75. The van der Waals surface area contributed by atoms with Gasteiger partial charge in [0.1, 0.15) is 0 Å². The third kappa shape index (κ3) is 2.06. The lowest BCUT2D eigenvalue weighted by molar-refractivity contribution is 0.829. The molecule has 5 nitrogen and oxygen atoms in total. The lowest BCUT2D eigenvalue weighted by atomic mass is 10.2. The highest BCUT2D eigenvalue weighted by Gasteiger charge is 2.09. The summed E-state index contributed by atoms with van der Waals surface area (Å²) in [5.74, 6) is 0.785. The monoisotopic (exact) mass is 251 g/mol. The SMILES string of the molecule is Cc1cccc2cnn(NC3=NCCN3)c12.Cl. The Morgan fingerprint density at radius 2 is 2.29 bits per heavy atom. The van der Waals surface area contributed by atoms with E-state index in [1.165, 1.54) is 5.56 Å². The molecule has 2 heterocycles. The van der Waals surface area contributed by atoms with Gasteiger partial charge in [-0.1, -0.05) is 18.2 Å². The Kier molecular flexibility index (Phi) is 3.19. The van der Waals surface area contributed by atoms with Crippen LogP contribution < -0.4 is 10.7 Å². The second-order valence-corrected chi connectivity index (χ2v) is 3.84. The molecule has 0 spiro atoms. The topological polar surface area (TPSA) is 54.2 Å². The van der Waals surface area contributed by atoms with Crippen molar-refractivity contribution < 1.29 is 0 Å². The summed E-state index contributed by atoms with van der Waals surface area (Å²) in [6, 6.07) is 6.17. The maximum Gasteiger partial charge on any atom is 0.212 e. The van der Waals surface area contributed by atoms with Gasteiger partial charge < -0.3 is 5.32 Å². The average Bonchev–Trinajstić information content (AvgIpc) is 2.90. The van der Waals surface area contributed by atoms with Crippen LogP contribution in [0, 0.1) is 6.92 Å². The summed E-state index contributed by atoms with van der Waals surface area (Å²) >= 11 is 0. The van der Waals surface area contributed by atoms with Gasteiger partial charge in [0.25, 0.3) is 0 Å². The van der Waals surface area contributed by atoms with Gasteiger partial charge in [-0.15, -0.1) is 12.4 Å². The van der Waals surface area contributed by atoms with Crippen molar-refractivity contribution in [2.24, 2.45) is 4.99 Å². The highest BCUT2D eigenvalue weighted by atomic mass is 35.5. The molecule has 0 atom stereocenters. The van der Waals surface area contributed by atoms with E-state index in [4.69, 9.17) is 0 Å². The first-order valence-corrected chi connectivity index (χ1v) is 5.33. The molecule has 6 heteroatoms. The molecule has 0 saturated carbocycles. The van der Waals surface area contributed by atoms with Gasteiger partial charge in [-0.25, -0.2) is 10.4 Å². The average molecular weight is 252 g/mol. The normalized spacial score (nSPS) is 14.1. The fourth-order valence-electron chi connectivity index (χ4n) is 1.91. The van der Waals surface area contributed by atoms with E-state index in [0.29, 0.717) is 0 Å². The fourth-order valence-corrected chi connectivity index (χ4v) is 1.91. The molecule has 3 rings (SSSR count). The van der Waals surface area contributed by atoms with Gasteiger partial charge in [0.05, 0.1) is 18.3 Å². The number of guanidine groups is 1. The van der Waals surface area contributed by atoms with Crippen LogP contribution in [-0.4, -0.2) is 28.9 Å². The summed E-state index contributed by atoms with van der Waals surface area (Å²) in [7, 11) is 0. The molecule has 1 aliphatic heterocycles. The number of hydrogen-bond donors (Lipinski definition) is 2. The summed E-state index contributed by atoms with van der Waals surface area (Å²) < 4.78 is 0. The predicted molar refractivity (Wildman–Crippen MR) is 71.4 cm³/mol. The summed E-state index contributed by atoms with van der Waals surface area (Å²) in [5, 5.41) is 8.59. The van der Waals surface area contributed by atoms with Crippen molar-refractivity contribution in [3.8, 4) is 0 Å². The summed E-state index contributed by atoms with van der Waals surface area (Å²) in [6.07, 6.45) is 1.85. The van der Waals surface area contributed by atoms with E-state index < -0.39 is 0 Å². The molecule has 0 saturated heterocycles. The third-order valence-electron chi connectivity index (χ3n) is 2.68. The van der Waals surface area contributed by atoms with E-state index in [0.717, 1.165) is 30.0 Å². The minimum absolute atomic E-state index is 0. The maximum absolute atomic E-state index is 4.30. The van der Waals surface area contributed by atoms with Crippen LogP contribution in [0.15, 0.2) is 29.4 Å². The number of hydrogen-bond acceptors (Lipinski definition) is 4. The number of halogens is 1. The van der Waals surface area contributed by atoms with E-state index in [2.05, 4.69) is 39.9 Å². The van der Waals surface area contributed by atoms with Crippen molar-refractivity contribution in [3.05, 3.63) is 30.0 Å². The number of rotatable bonds is 1. The first kappa shape index (κ1) is 11.7. The van der Waals surface area contributed by atoms with Gasteiger partial charge in [-0.3, -0.25) is 0 Å². The number of aliphatic imine (C=N–C) groups is 1. The van der Waals surface area contributed by atoms with E-state index in [9.17, 15) is 0 Å². The largest absolute Gasteiger partial charge is 0.353 e. The number of nitrogens with one attached hydrogen (secondary N) is 2. The zero-order chi connectivity index (χ0) is 11.0. The third-order valence-corrected chi connectivity index (χ3v) is 2.68. The molecule has 1 aliphatic rings. The zero-order valence-electron chi connectivity index (χ0n) is 9.47. The van der Waals surface area contributed by atoms with E-state index in [-0.39, 0.29) is 12.4 Å². The number of aryl methyl sites for hydroxylation is 1. The fraction of sp³-hybridized carbons (Fsp3) is 0.273. The quantitative estimate of drug-likeness (QED) is 0.803. The minimum Gasteiger partial charge on any atom is -0.353 e. The van der Waals surface area contributed by atoms with Gasteiger partial charge in [0.2, 0.25) is 5.96 Å². The van der Waals surface area contributed by atoms with Crippen molar-refractivity contribution in [1.29, 1.82) is 0 Å². The number of benzene rings is 1. The lowest BCUT2D eigenvalue weighted by Gasteiger charge is -2.08. The Labute approximate surface area is 105 Å². The Balaban J connectivity index is 0.00000108. The molecule has 2 aromatic rings. The van der Waals surface area contributed by atoms with Crippen LogP contribution in [0.4, 0.5) is 0 Å². The van der Waals surface area contributed by atoms with Gasteiger partial charge in [0.15, 0.2) is 0 Å². The standard InChI is InChI=1S/C11H13N5.ClH/c1-8-3-2-4-9-7-14-16(10(8)9)15-11-12-5-6-13-11;/h2-4,7H,5-6H2,1H3,(H2,12,13,15);1H. The minimum atomic E-state index is 0. The van der Waals surface area contributed by atoms with E-state index in [1.807, 2.05) is 12.3 Å². The molecular formula is C11H14ClN5. The molecule has 90 valence electrons. The van der Waals surface area contributed by atoms with E-state index >= 15 is 0 Å². The van der Waals surface area contributed by atoms with Crippen molar-refractivity contribution in [2.75, 3.05) is 18.5 Å². The van der Waals surface area contributed by atoms with Crippen LogP contribution >= 0.6 is 12.4 Å². The van der Waals surface area contributed by atoms with Crippen molar-refractivity contribution in [2.45, 2.75) is 6.92 Å². The highest BCUT2D eigenvalue weighted by Crippen LogP contribution is 2.16. The molecule has 1 aromatic heterocycles. The second-order valence-electron chi connectivity index (χ2n) is 3.84. The molecule has 2 N–H and O–H groups in total. The van der Waals surface area contributed by atoms with Crippen molar-refractivity contribution in [3.63, 3.8) is 0 Å². The van der Waals surface area contributed by atoms with Gasteiger partial charge in [-0.05, 0) is 12.5 Å². The molecule has 0 amide bonds. The van der Waals surface area contributed by atoms with Crippen LogP contribution in [-0.2, 0) is 0 Å². The van der Waals surface area contributed by atoms with Crippen LogP contribution in [0.5, 0.6) is 0 Å². The smallest absolute Gasteiger partial charge is 0.212 e. The molecule has 1 aromatic carbocycles. The van der Waals surface area contributed by atoms with Crippen molar-refractivity contribution >= 4 is 29.3 Å². The number of nitrogens with zero attached hydrogens (tertiary/aromatic N) is 3. The molecule has 0 unspecified atom stereocenters. The summed E-state index contributed by atoms with van der Waals surface area (Å²) in [4.78, 5) is 6.05. The molecule has 0 fully saturated rings.